The normalized spacial score (nSPS) is 27.4. The van der Waals surface area contributed by atoms with E-state index in [-0.39, 0.29) is 0 Å². The zero-order valence-electron chi connectivity index (χ0n) is 9.88. The second kappa shape index (κ2) is 6.73. The second-order valence-electron chi connectivity index (χ2n) is 4.21. The van der Waals surface area contributed by atoms with Gasteiger partial charge < -0.3 is 5.32 Å². The molecule has 14 heavy (non-hydrogen) atoms. The van der Waals surface area contributed by atoms with Crippen molar-refractivity contribution in [2.45, 2.75) is 70.2 Å². The van der Waals surface area contributed by atoms with Gasteiger partial charge >= 0.3 is 0 Å². The molecule has 1 nitrogen and oxygen atoms in total. The Morgan fingerprint density at radius 2 is 1.93 bits per heavy atom. The number of rotatable bonds is 6. The van der Waals surface area contributed by atoms with Crippen LogP contribution in [0.4, 0.5) is 0 Å². The number of thioether (sulfide) groups is 1. The fourth-order valence-electron chi connectivity index (χ4n) is 2.36. The van der Waals surface area contributed by atoms with Gasteiger partial charge in [-0.05, 0) is 31.4 Å². The van der Waals surface area contributed by atoms with E-state index in [2.05, 4.69) is 37.8 Å². The molecule has 0 radical (unpaired) electrons. The predicted octanol–water partition coefficient (Wildman–Crippen LogP) is 3.44. The maximum Gasteiger partial charge on any atom is 0.0201 e. The zero-order valence-corrected chi connectivity index (χ0v) is 10.7. The van der Waals surface area contributed by atoms with E-state index in [4.69, 9.17) is 0 Å². The van der Waals surface area contributed by atoms with Crippen molar-refractivity contribution in [2.24, 2.45) is 0 Å². The monoisotopic (exact) mass is 215 g/mol. The minimum absolute atomic E-state index is 0.748. The fraction of sp³-hybridized carbons (Fsp3) is 1.00. The number of hydrogen-bond acceptors (Lipinski definition) is 2. The summed E-state index contributed by atoms with van der Waals surface area (Å²) in [5, 5.41) is 4.72. The Morgan fingerprint density at radius 3 is 2.50 bits per heavy atom. The molecule has 2 unspecified atom stereocenters. The molecule has 1 aliphatic rings. The van der Waals surface area contributed by atoms with E-state index in [1.54, 1.807) is 0 Å². The molecule has 1 N–H and O–H groups in total. The highest BCUT2D eigenvalue weighted by Crippen LogP contribution is 2.30. The van der Waals surface area contributed by atoms with Crippen LogP contribution in [0.15, 0.2) is 0 Å². The molecule has 0 aromatic rings. The first-order valence-electron chi connectivity index (χ1n) is 6.19. The van der Waals surface area contributed by atoms with Crippen LogP contribution in [0.2, 0.25) is 0 Å². The summed E-state index contributed by atoms with van der Waals surface area (Å²) in [6.45, 7) is 6.85. The Labute approximate surface area is 93.4 Å². The first-order valence-corrected chi connectivity index (χ1v) is 7.24. The first kappa shape index (κ1) is 12.4. The third-order valence-corrected chi connectivity index (χ3v) is 4.59. The maximum atomic E-state index is 3.83. The van der Waals surface area contributed by atoms with Crippen LogP contribution >= 0.6 is 11.8 Å². The molecular weight excluding hydrogens is 190 g/mol. The molecule has 0 saturated heterocycles. The summed E-state index contributed by atoms with van der Waals surface area (Å²) in [5.74, 6) is 1.27. The van der Waals surface area contributed by atoms with Crippen molar-refractivity contribution < 1.29 is 0 Å². The molecule has 1 aliphatic carbocycles. The average molecular weight is 215 g/mol. The number of hydrogen-bond donors (Lipinski definition) is 1. The third kappa shape index (κ3) is 3.47. The van der Waals surface area contributed by atoms with Crippen molar-refractivity contribution >= 4 is 11.8 Å². The molecule has 84 valence electrons. The van der Waals surface area contributed by atoms with Crippen molar-refractivity contribution in [1.82, 2.24) is 5.32 Å². The predicted molar refractivity (Wildman–Crippen MR) is 67.1 cm³/mol. The van der Waals surface area contributed by atoms with Gasteiger partial charge in [0.1, 0.15) is 0 Å². The van der Waals surface area contributed by atoms with Crippen LogP contribution in [-0.2, 0) is 0 Å². The summed E-state index contributed by atoms with van der Waals surface area (Å²) >= 11 is 2.15. The first-order chi connectivity index (χ1) is 6.81. The zero-order chi connectivity index (χ0) is 10.4. The van der Waals surface area contributed by atoms with Gasteiger partial charge in [-0.1, -0.05) is 27.2 Å². The highest BCUT2D eigenvalue weighted by atomic mass is 32.2. The summed E-state index contributed by atoms with van der Waals surface area (Å²) in [4.78, 5) is 0. The van der Waals surface area contributed by atoms with Crippen molar-refractivity contribution in [1.29, 1.82) is 0 Å². The van der Waals surface area contributed by atoms with Gasteiger partial charge in [0.05, 0.1) is 0 Å². The molecule has 0 spiro atoms. The minimum atomic E-state index is 0.748. The van der Waals surface area contributed by atoms with E-state index in [0.29, 0.717) is 0 Å². The van der Waals surface area contributed by atoms with Gasteiger partial charge in [0, 0.05) is 17.3 Å². The molecule has 0 aromatic carbocycles. The molecule has 0 aromatic heterocycles. The van der Waals surface area contributed by atoms with Crippen LogP contribution in [0.1, 0.15) is 52.9 Å². The molecule has 0 heterocycles. The van der Waals surface area contributed by atoms with Crippen LogP contribution in [0.5, 0.6) is 0 Å². The average Bonchev–Trinajstić information content (AvgIpc) is 2.62. The fourth-order valence-corrected chi connectivity index (χ4v) is 3.57. The van der Waals surface area contributed by atoms with Gasteiger partial charge in [-0.3, -0.25) is 0 Å². The van der Waals surface area contributed by atoms with E-state index < -0.39 is 0 Å². The van der Waals surface area contributed by atoms with Crippen LogP contribution in [-0.4, -0.2) is 23.1 Å². The molecular formula is C12H25NS. The molecule has 2 atom stereocenters. The maximum absolute atomic E-state index is 3.83. The molecule has 0 amide bonds. The Hall–Kier alpha value is 0.310. The molecule has 2 heteroatoms. The summed E-state index contributed by atoms with van der Waals surface area (Å²) in [5.41, 5.74) is 0. The topological polar surface area (TPSA) is 12.0 Å². The molecule has 0 bridgehead atoms. The second-order valence-corrected chi connectivity index (χ2v) is 5.73. The van der Waals surface area contributed by atoms with Crippen LogP contribution in [0.3, 0.4) is 0 Å². The minimum Gasteiger partial charge on any atom is -0.310 e. The Bertz CT molecular complexity index is 145. The van der Waals surface area contributed by atoms with E-state index in [1.807, 2.05) is 0 Å². The Kier molecular flexibility index (Phi) is 5.95. The Morgan fingerprint density at radius 1 is 1.21 bits per heavy atom. The molecule has 1 fully saturated rings. The van der Waals surface area contributed by atoms with Gasteiger partial charge in [-0.25, -0.2) is 0 Å². The van der Waals surface area contributed by atoms with Gasteiger partial charge in [0.15, 0.2) is 0 Å². The van der Waals surface area contributed by atoms with Crippen LogP contribution < -0.4 is 5.32 Å². The van der Waals surface area contributed by atoms with Gasteiger partial charge in [-0.15, -0.1) is 0 Å². The highest BCUT2D eigenvalue weighted by Gasteiger charge is 2.27. The van der Waals surface area contributed by atoms with Gasteiger partial charge in [-0.2, -0.15) is 11.8 Å². The van der Waals surface area contributed by atoms with E-state index in [1.165, 1.54) is 37.9 Å². The Balaban J connectivity index is 2.34. The van der Waals surface area contributed by atoms with E-state index >= 15 is 0 Å². The van der Waals surface area contributed by atoms with Crippen molar-refractivity contribution in [2.75, 3.05) is 5.75 Å². The van der Waals surface area contributed by atoms with Gasteiger partial charge in [0.2, 0.25) is 0 Å². The molecule has 1 saturated carbocycles. The summed E-state index contributed by atoms with van der Waals surface area (Å²) in [7, 11) is 0. The number of nitrogens with one attached hydrogen (secondary N) is 1. The van der Waals surface area contributed by atoms with Crippen molar-refractivity contribution in [3.05, 3.63) is 0 Å². The lowest BCUT2D eigenvalue weighted by Crippen LogP contribution is -2.41. The standard InChI is InChI=1S/C12H25NS/c1-4-10(5-2)13-11-8-7-9-12(11)14-6-3/h10-13H,4-9H2,1-3H3. The van der Waals surface area contributed by atoms with Crippen LogP contribution in [0, 0.1) is 0 Å². The molecule has 1 rings (SSSR count). The molecule has 0 aliphatic heterocycles. The van der Waals surface area contributed by atoms with E-state index in [0.717, 1.165) is 17.3 Å². The highest BCUT2D eigenvalue weighted by molar-refractivity contribution is 7.99. The van der Waals surface area contributed by atoms with E-state index in [9.17, 15) is 0 Å². The lowest BCUT2D eigenvalue weighted by molar-refractivity contribution is 0.415. The largest absolute Gasteiger partial charge is 0.310 e. The summed E-state index contributed by atoms with van der Waals surface area (Å²) in [6, 6.07) is 1.54. The lowest BCUT2D eigenvalue weighted by Gasteiger charge is -2.25. The SMILES string of the molecule is CCSC1CCCC1NC(CC)CC. The van der Waals surface area contributed by atoms with Crippen molar-refractivity contribution in [3.63, 3.8) is 0 Å². The quantitative estimate of drug-likeness (QED) is 0.728. The summed E-state index contributed by atoms with van der Waals surface area (Å²) in [6.07, 6.45) is 6.80. The third-order valence-electron chi connectivity index (χ3n) is 3.27. The van der Waals surface area contributed by atoms with Crippen LogP contribution in [0.25, 0.3) is 0 Å². The smallest absolute Gasteiger partial charge is 0.0201 e. The summed E-state index contributed by atoms with van der Waals surface area (Å²) < 4.78 is 0. The van der Waals surface area contributed by atoms with Gasteiger partial charge in [0.25, 0.3) is 0 Å². The van der Waals surface area contributed by atoms with Crippen molar-refractivity contribution in [3.8, 4) is 0 Å². The lowest BCUT2D eigenvalue weighted by atomic mass is 10.1.